The van der Waals surface area contributed by atoms with Crippen LogP contribution in [-0.4, -0.2) is 16.3 Å². The van der Waals surface area contributed by atoms with Gasteiger partial charge < -0.3 is 10.6 Å². The van der Waals surface area contributed by atoms with Crippen LogP contribution in [0.4, 0.5) is 11.4 Å². The summed E-state index contributed by atoms with van der Waals surface area (Å²) in [4.78, 5) is 2.43. The van der Waals surface area contributed by atoms with Crippen LogP contribution in [0.2, 0.25) is 0 Å². The maximum absolute atomic E-state index is 6.13. The molecule has 0 fully saturated rings. The van der Waals surface area contributed by atoms with Crippen LogP contribution in [0.3, 0.4) is 0 Å². The fourth-order valence-corrected chi connectivity index (χ4v) is 3.04. The maximum atomic E-state index is 6.13. The van der Waals surface area contributed by atoms with Gasteiger partial charge in [0.15, 0.2) is 0 Å². The van der Waals surface area contributed by atoms with Gasteiger partial charge in [-0.2, -0.15) is 5.10 Å². The first kappa shape index (κ1) is 14.0. The summed E-state index contributed by atoms with van der Waals surface area (Å²) in [5.74, 6) is 0. The average Bonchev–Trinajstić information content (AvgIpc) is 2.82. The number of rotatable bonds is 3. The second kappa shape index (κ2) is 5.43. The quantitative estimate of drug-likeness (QED) is 0.880. The predicted octanol–water partition coefficient (Wildman–Crippen LogP) is 3.31. The summed E-state index contributed by atoms with van der Waals surface area (Å²) in [6.07, 6.45) is 4.43. The minimum Gasteiger partial charge on any atom is -0.398 e. The molecule has 0 bridgehead atoms. The first-order valence-corrected chi connectivity index (χ1v) is 7.73. The number of aryl methyl sites for hydroxylation is 1. The van der Waals surface area contributed by atoms with Crippen LogP contribution >= 0.6 is 0 Å². The zero-order valence-corrected chi connectivity index (χ0v) is 13.1. The number of hydrogen-bond acceptors (Lipinski definition) is 3. The van der Waals surface area contributed by atoms with Crippen molar-refractivity contribution in [2.75, 3.05) is 17.2 Å². The van der Waals surface area contributed by atoms with Gasteiger partial charge in [-0.15, -0.1) is 0 Å². The lowest BCUT2D eigenvalue weighted by Crippen LogP contribution is -2.29. The van der Waals surface area contributed by atoms with Crippen molar-refractivity contribution in [1.82, 2.24) is 9.78 Å². The SMILES string of the molecule is Cc1nn(C(C)C)cc1CN1CCCc2c(N)cccc21. The second-order valence-corrected chi connectivity index (χ2v) is 6.18. The Hall–Kier alpha value is -1.97. The molecule has 4 heteroatoms. The molecule has 0 saturated heterocycles. The normalized spacial score (nSPS) is 14.6. The van der Waals surface area contributed by atoms with Crippen LogP contribution in [-0.2, 0) is 13.0 Å². The van der Waals surface area contributed by atoms with E-state index in [9.17, 15) is 0 Å². The number of hydrogen-bond donors (Lipinski definition) is 1. The molecule has 0 atom stereocenters. The third-order valence-corrected chi connectivity index (χ3v) is 4.29. The number of nitrogen functional groups attached to an aromatic ring is 1. The van der Waals surface area contributed by atoms with Crippen LogP contribution in [0.15, 0.2) is 24.4 Å². The summed E-state index contributed by atoms with van der Waals surface area (Å²) in [6.45, 7) is 8.41. The lowest BCUT2D eigenvalue weighted by Gasteiger charge is -2.32. The molecule has 0 saturated carbocycles. The van der Waals surface area contributed by atoms with Crippen LogP contribution in [0.1, 0.15) is 43.1 Å². The molecule has 21 heavy (non-hydrogen) atoms. The number of nitrogens with two attached hydrogens (primary N) is 1. The van der Waals surface area contributed by atoms with Gasteiger partial charge in [-0.05, 0) is 51.3 Å². The highest BCUT2D eigenvalue weighted by Crippen LogP contribution is 2.32. The van der Waals surface area contributed by atoms with Crippen molar-refractivity contribution < 1.29 is 0 Å². The van der Waals surface area contributed by atoms with Gasteiger partial charge in [0.05, 0.1) is 5.69 Å². The summed E-state index contributed by atoms with van der Waals surface area (Å²) in [5.41, 5.74) is 12.1. The molecule has 2 heterocycles. The predicted molar refractivity (Wildman–Crippen MR) is 87.6 cm³/mol. The Bertz CT molecular complexity index is 642. The maximum Gasteiger partial charge on any atom is 0.0643 e. The van der Waals surface area contributed by atoms with Gasteiger partial charge in [0, 0.05) is 42.3 Å². The number of anilines is 2. The molecule has 2 N–H and O–H groups in total. The van der Waals surface area contributed by atoms with Gasteiger partial charge in [0.1, 0.15) is 0 Å². The number of nitrogens with zero attached hydrogens (tertiary/aromatic N) is 3. The molecular formula is C17H24N4. The van der Waals surface area contributed by atoms with Crippen LogP contribution in [0, 0.1) is 6.92 Å². The molecule has 1 aromatic heterocycles. The molecule has 112 valence electrons. The van der Waals surface area contributed by atoms with Crippen molar-refractivity contribution in [1.29, 1.82) is 0 Å². The highest BCUT2D eigenvalue weighted by Gasteiger charge is 2.20. The van der Waals surface area contributed by atoms with Crippen molar-refractivity contribution in [2.45, 2.75) is 46.2 Å². The van der Waals surface area contributed by atoms with Gasteiger partial charge in [0.2, 0.25) is 0 Å². The van der Waals surface area contributed by atoms with E-state index in [0.29, 0.717) is 6.04 Å². The van der Waals surface area contributed by atoms with Gasteiger partial charge in [-0.1, -0.05) is 6.07 Å². The Balaban J connectivity index is 1.89. The van der Waals surface area contributed by atoms with E-state index >= 15 is 0 Å². The summed E-state index contributed by atoms with van der Waals surface area (Å²) in [7, 11) is 0. The monoisotopic (exact) mass is 284 g/mol. The zero-order valence-electron chi connectivity index (χ0n) is 13.1. The highest BCUT2D eigenvalue weighted by atomic mass is 15.3. The van der Waals surface area contributed by atoms with E-state index in [1.165, 1.54) is 23.2 Å². The van der Waals surface area contributed by atoms with E-state index in [-0.39, 0.29) is 0 Å². The Morgan fingerprint density at radius 3 is 2.86 bits per heavy atom. The fourth-order valence-electron chi connectivity index (χ4n) is 3.04. The van der Waals surface area contributed by atoms with Gasteiger partial charge in [-0.3, -0.25) is 4.68 Å². The zero-order chi connectivity index (χ0) is 15.0. The van der Waals surface area contributed by atoms with Crippen molar-refractivity contribution in [3.63, 3.8) is 0 Å². The van der Waals surface area contributed by atoms with Gasteiger partial charge >= 0.3 is 0 Å². The third-order valence-electron chi connectivity index (χ3n) is 4.29. The van der Waals surface area contributed by atoms with Crippen LogP contribution in [0.25, 0.3) is 0 Å². The molecule has 0 unspecified atom stereocenters. The molecule has 0 spiro atoms. The van der Waals surface area contributed by atoms with Crippen molar-refractivity contribution in [3.8, 4) is 0 Å². The fraction of sp³-hybridized carbons (Fsp3) is 0.471. The molecule has 0 amide bonds. The topological polar surface area (TPSA) is 47.1 Å². The lowest BCUT2D eigenvalue weighted by atomic mass is 9.99. The lowest BCUT2D eigenvalue weighted by molar-refractivity contribution is 0.528. The third kappa shape index (κ3) is 2.62. The molecule has 0 radical (unpaired) electrons. The molecular weight excluding hydrogens is 260 g/mol. The van der Waals surface area contributed by atoms with Crippen molar-refractivity contribution in [3.05, 3.63) is 41.2 Å². The molecule has 4 nitrogen and oxygen atoms in total. The van der Waals surface area contributed by atoms with E-state index in [1.54, 1.807) is 0 Å². The van der Waals surface area contributed by atoms with Gasteiger partial charge in [0.25, 0.3) is 0 Å². The standard InChI is InChI=1S/C17H24N4/c1-12(2)21-11-14(13(3)19-21)10-20-9-5-6-15-16(18)7-4-8-17(15)20/h4,7-8,11-12H,5-6,9-10,18H2,1-3H3. The summed E-state index contributed by atoms with van der Waals surface area (Å²) < 4.78 is 2.05. The summed E-state index contributed by atoms with van der Waals surface area (Å²) in [5, 5.41) is 4.61. The number of aromatic nitrogens is 2. The number of fused-ring (bicyclic) bond motifs is 1. The summed E-state index contributed by atoms with van der Waals surface area (Å²) in [6, 6.07) is 6.65. The average molecular weight is 284 g/mol. The van der Waals surface area contributed by atoms with E-state index in [0.717, 1.165) is 30.9 Å². The molecule has 1 aliphatic rings. The molecule has 2 aromatic rings. The smallest absolute Gasteiger partial charge is 0.0643 e. The Kier molecular flexibility index (Phi) is 3.62. The minimum absolute atomic E-state index is 0.404. The van der Waals surface area contributed by atoms with Gasteiger partial charge in [-0.25, -0.2) is 0 Å². The second-order valence-electron chi connectivity index (χ2n) is 6.18. The van der Waals surface area contributed by atoms with Crippen molar-refractivity contribution >= 4 is 11.4 Å². The molecule has 1 aliphatic heterocycles. The Labute approximate surface area is 126 Å². The molecule has 0 aliphatic carbocycles. The summed E-state index contributed by atoms with van der Waals surface area (Å²) >= 11 is 0. The van der Waals surface area contributed by atoms with Crippen LogP contribution < -0.4 is 10.6 Å². The van der Waals surface area contributed by atoms with Crippen LogP contribution in [0.5, 0.6) is 0 Å². The minimum atomic E-state index is 0.404. The highest BCUT2D eigenvalue weighted by molar-refractivity contribution is 5.66. The first-order chi connectivity index (χ1) is 10.1. The van der Waals surface area contributed by atoms with E-state index in [2.05, 4.69) is 53.8 Å². The van der Waals surface area contributed by atoms with E-state index in [1.807, 2.05) is 6.07 Å². The van der Waals surface area contributed by atoms with E-state index < -0.39 is 0 Å². The molecule has 3 rings (SSSR count). The number of benzene rings is 1. The van der Waals surface area contributed by atoms with Crippen molar-refractivity contribution in [2.24, 2.45) is 0 Å². The first-order valence-electron chi connectivity index (χ1n) is 7.73. The largest absolute Gasteiger partial charge is 0.398 e. The Morgan fingerprint density at radius 1 is 1.33 bits per heavy atom. The Morgan fingerprint density at radius 2 is 2.14 bits per heavy atom. The van der Waals surface area contributed by atoms with E-state index in [4.69, 9.17) is 5.73 Å². The molecule has 1 aromatic carbocycles.